The standard InChI is InChI=1S/C19H20FN3OS/c1-12-14(3)25-18(23-10-4-5-11-23)17(12)13(2)21-19(24)22-16-8-6-15(20)7-9-16/h4-11,13H,1-3H3,(H2,21,22,24)/t13-/m0/s1. The van der Waals surface area contributed by atoms with Gasteiger partial charge < -0.3 is 15.2 Å². The molecule has 0 aliphatic heterocycles. The van der Waals surface area contributed by atoms with Crippen LogP contribution in [-0.2, 0) is 0 Å². The average molecular weight is 357 g/mol. The number of anilines is 1. The minimum absolute atomic E-state index is 0.164. The van der Waals surface area contributed by atoms with Crippen molar-refractivity contribution in [2.24, 2.45) is 0 Å². The molecule has 2 aromatic heterocycles. The predicted molar refractivity (Wildman–Crippen MR) is 100 cm³/mol. The molecule has 0 saturated heterocycles. The molecular weight excluding hydrogens is 337 g/mol. The Morgan fingerprint density at radius 2 is 1.80 bits per heavy atom. The third-order valence-corrected chi connectivity index (χ3v) is 5.37. The quantitative estimate of drug-likeness (QED) is 0.664. The molecule has 3 aromatic rings. The van der Waals surface area contributed by atoms with Gasteiger partial charge in [-0.1, -0.05) is 0 Å². The number of carbonyl (C=O) groups excluding carboxylic acids is 1. The van der Waals surface area contributed by atoms with Crippen LogP contribution in [0.3, 0.4) is 0 Å². The van der Waals surface area contributed by atoms with E-state index in [2.05, 4.69) is 29.0 Å². The van der Waals surface area contributed by atoms with E-state index in [0.29, 0.717) is 5.69 Å². The Hall–Kier alpha value is -2.60. The molecule has 0 unspecified atom stereocenters. The molecule has 0 aliphatic rings. The lowest BCUT2D eigenvalue weighted by Gasteiger charge is -2.17. The van der Waals surface area contributed by atoms with Crippen LogP contribution in [0, 0.1) is 19.7 Å². The molecule has 25 heavy (non-hydrogen) atoms. The van der Waals surface area contributed by atoms with Crippen molar-refractivity contribution in [2.75, 3.05) is 5.32 Å². The fraction of sp³-hybridized carbons (Fsp3) is 0.211. The first-order valence-electron chi connectivity index (χ1n) is 8.02. The topological polar surface area (TPSA) is 46.1 Å². The first-order valence-corrected chi connectivity index (χ1v) is 8.83. The van der Waals surface area contributed by atoms with Gasteiger partial charge in [-0.05, 0) is 62.7 Å². The van der Waals surface area contributed by atoms with Crippen LogP contribution in [0.25, 0.3) is 5.00 Å². The van der Waals surface area contributed by atoms with E-state index in [1.54, 1.807) is 11.3 Å². The van der Waals surface area contributed by atoms with Gasteiger partial charge in [-0.2, -0.15) is 0 Å². The molecule has 0 fully saturated rings. The Morgan fingerprint density at radius 3 is 2.44 bits per heavy atom. The molecule has 3 rings (SSSR count). The second-order valence-electron chi connectivity index (χ2n) is 5.92. The highest BCUT2D eigenvalue weighted by atomic mass is 32.1. The fourth-order valence-electron chi connectivity index (χ4n) is 2.77. The maximum absolute atomic E-state index is 13.0. The number of nitrogens with one attached hydrogen (secondary N) is 2. The van der Waals surface area contributed by atoms with Gasteiger partial charge in [-0.3, -0.25) is 0 Å². The van der Waals surface area contributed by atoms with E-state index in [1.165, 1.54) is 34.7 Å². The number of hydrogen-bond donors (Lipinski definition) is 2. The zero-order chi connectivity index (χ0) is 18.0. The number of thiophene rings is 1. The van der Waals surface area contributed by atoms with Crippen molar-refractivity contribution < 1.29 is 9.18 Å². The van der Waals surface area contributed by atoms with Crippen LogP contribution in [0.4, 0.5) is 14.9 Å². The van der Waals surface area contributed by atoms with Gasteiger partial charge in [-0.15, -0.1) is 11.3 Å². The van der Waals surface area contributed by atoms with E-state index in [9.17, 15) is 9.18 Å². The van der Waals surface area contributed by atoms with Crippen molar-refractivity contribution in [3.05, 3.63) is 70.6 Å². The molecule has 1 atom stereocenters. The highest BCUT2D eigenvalue weighted by molar-refractivity contribution is 7.14. The molecule has 2 N–H and O–H groups in total. The van der Waals surface area contributed by atoms with E-state index in [4.69, 9.17) is 0 Å². The summed E-state index contributed by atoms with van der Waals surface area (Å²) in [6, 6.07) is 9.17. The van der Waals surface area contributed by atoms with Gasteiger partial charge in [-0.25, -0.2) is 9.18 Å². The summed E-state index contributed by atoms with van der Waals surface area (Å²) in [5, 5.41) is 6.80. The summed E-state index contributed by atoms with van der Waals surface area (Å²) in [4.78, 5) is 13.5. The number of aryl methyl sites for hydroxylation is 1. The SMILES string of the molecule is Cc1sc(-n2cccc2)c([C@H](C)NC(=O)Nc2ccc(F)cc2)c1C. The second kappa shape index (κ2) is 7.11. The number of nitrogens with zero attached hydrogens (tertiary/aromatic N) is 1. The molecule has 2 heterocycles. The molecule has 0 aliphatic carbocycles. The molecule has 130 valence electrons. The zero-order valence-corrected chi connectivity index (χ0v) is 15.2. The summed E-state index contributed by atoms with van der Waals surface area (Å²) in [6.45, 7) is 6.12. The summed E-state index contributed by atoms with van der Waals surface area (Å²) in [5.74, 6) is -0.333. The summed E-state index contributed by atoms with van der Waals surface area (Å²) in [7, 11) is 0. The van der Waals surface area contributed by atoms with Crippen LogP contribution in [0.1, 0.15) is 29.0 Å². The van der Waals surface area contributed by atoms with Crippen molar-refractivity contribution in [1.82, 2.24) is 9.88 Å². The van der Waals surface area contributed by atoms with Gasteiger partial charge in [0.25, 0.3) is 0 Å². The molecule has 6 heteroatoms. The summed E-state index contributed by atoms with van der Waals surface area (Å²) < 4.78 is 15.0. The molecule has 1 aromatic carbocycles. The molecule has 0 saturated carbocycles. The second-order valence-corrected chi connectivity index (χ2v) is 7.12. The number of amides is 2. The van der Waals surface area contributed by atoms with Gasteiger partial charge in [0.1, 0.15) is 10.8 Å². The number of carbonyl (C=O) groups is 1. The average Bonchev–Trinajstić information content (AvgIpc) is 3.18. The maximum atomic E-state index is 13.0. The number of rotatable bonds is 4. The van der Waals surface area contributed by atoms with Crippen molar-refractivity contribution in [2.45, 2.75) is 26.8 Å². The van der Waals surface area contributed by atoms with Crippen molar-refractivity contribution in [3.63, 3.8) is 0 Å². The third-order valence-electron chi connectivity index (χ3n) is 4.13. The zero-order valence-electron chi connectivity index (χ0n) is 14.3. The van der Waals surface area contributed by atoms with Gasteiger partial charge in [0.05, 0.1) is 6.04 Å². The van der Waals surface area contributed by atoms with Gasteiger partial charge >= 0.3 is 6.03 Å². The smallest absolute Gasteiger partial charge is 0.319 e. The van der Waals surface area contributed by atoms with Crippen LogP contribution < -0.4 is 10.6 Å². The Morgan fingerprint density at radius 1 is 1.16 bits per heavy atom. The molecule has 2 amide bonds. The van der Waals surface area contributed by atoms with Gasteiger partial charge in [0.2, 0.25) is 0 Å². The molecule has 0 spiro atoms. The number of halogens is 1. The van der Waals surface area contributed by atoms with Crippen LogP contribution in [-0.4, -0.2) is 10.6 Å². The summed E-state index contributed by atoms with van der Waals surface area (Å²) in [5.41, 5.74) is 2.84. The maximum Gasteiger partial charge on any atom is 0.319 e. The van der Waals surface area contributed by atoms with E-state index in [0.717, 1.165) is 10.6 Å². The number of hydrogen-bond acceptors (Lipinski definition) is 2. The van der Waals surface area contributed by atoms with Crippen LogP contribution >= 0.6 is 11.3 Å². The number of benzene rings is 1. The lowest BCUT2D eigenvalue weighted by molar-refractivity contribution is 0.249. The molecule has 4 nitrogen and oxygen atoms in total. The lowest BCUT2D eigenvalue weighted by atomic mass is 10.1. The van der Waals surface area contributed by atoms with E-state index in [1.807, 2.05) is 31.5 Å². The Labute approximate surface area is 150 Å². The van der Waals surface area contributed by atoms with E-state index >= 15 is 0 Å². The number of aromatic nitrogens is 1. The lowest BCUT2D eigenvalue weighted by Crippen LogP contribution is -2.31. The summed E-state index contributed by atoms with van der Waals surface area (Å²) in [6.07, 6.45) is 4.00. The summed E-state index contributed by atoms with van der Waals surface area (Å²) >= 11 is 1.71. The van der Waals surface area contributed by atoms with Crippen molar-refractivity contribution in [3.8, 4) is 5.00 Å². The highest BCUT2D eigenvalue weighted by Gasteiger charge is 2.20. The number of urea groups is 1. The van der Waals surface area contributed by atoms with E-state index < -0.39 is 0 Å². The normalized spacial score (nSPS) is 12.0. The minimum Gasteiger partial charge on any atom is -0.331 e. The van der Waals surface area contributed by atoms with E-state index in [-0.39, 0.29) is 17.9 Å². The van der Waals surface area contributed by atoms with Crippen molar-refractivity contribution >= 4 is 23.1 Å². The highest BCUT2D eigenvalue weighted by Crippen LogP contribution is 2.35. The van der Waals surface area contributed by atoms with Crippen LogP contribution in [0.15, 0.2) is 48.8 Å². The van der Waals surface area contributed by atoms with Gasteiger partial charge in [0, 0.05) is 28.5 Å². The predicted octanol–water partition coefficient (Wildman–Crippen LogP) is 5.18. The fourth-order valence-corrected chi connectivity index (χ4v) is 3.99. The van der Waals surface area contributed by atoms with Gasteiger partial charge in [0.15, 0.2) is 0 Å². The Kier molecular flexibility index (Phi) is 4.90. The minimum atomic E-state index is -0.333. The monoisotopic (exact) mass is 357 g/mol. The van der Waals surface area contributed by atoms with Crippen LogP contribution in [0.2, 0.25) is 0 Å². The molecule has 0 radical (unpaired) electrons. The largest absolute Gasteiger partial charge is 0.331 e. The van der Waals surface area contributed by atoms with Crippen molar-refractivity contribution in [1.29, 1.82) is 0 Å². The van der Waals surface area contributed by atoms with Crippen LogP contribution in [0.5, 0.6) is 0 Å². The first-order chi connectivity index (χ1) is 12.0. The third kappa shape index (κ3) is 3.74. The molecular formula is C19H20FN3OS. The molecule has 0 bridgehead atoms. The Bertz CT molecular complexity index is 869. The Balaban J connectivity index is 1.78. The first kappa shape index (κ1) is 17.2.